The number of fused-ring (bicyclic) bond motifs is 2. The summed E-state index contributed by atoms with van der Waals surface area (Å²) in [6, 6.07) is 0. The number of rotatable bonds is 0. The summed E-state index contributed by atoms with van der Waals surface area (Å²) in [4.78, 5) is 4.11. The van der Waals surface area contributed by atoms with Crippen LogP contribution in [0.25, 0.3) is 0 Å². The van der Waals surface area contributed by atoms with E-state index >= 15 is 0 Å². The average molecular weight is 284 g/mol. The number of nitrogens with one attached hydrogen (secondary N) is 2. The SMILES string of the molecule is S=c1[nH]ncc2c1Sc1c(cn[nH]c1=S)S2. The Kier molecular flexibility index (Phi) is 2.58. The van der Waals surface area contributed by atoms with E-state index in [-0.39, 0.29) is 0 Å². The van der Waals surface area contributed by atoms with E-state index in [1.54, 1.807) is 35.9 Å². The molecule has 0 atom stereocenters. The third-order valence-electron chi connectivity index (χ3n) is 1.98. The van der Waals surface area contributed by atoms with Crippen molar-refractivity contribution in [2.75, 3.05) is 0 Å². The molecule has 2 aromatic rings. The first-order chi connectivity index (χ1) is 7.75. The third-order valence-corrected chi connectivity index (χ3v) is 5.40. The van der Waals surface area contributed by atoms with Gasteiger partial charge in [-0.25, -0.2) is 0 Å². The van der Waals surface area contributed by atoms with Crippen LogP contribution in [0.15, 0.2) is 32.0 Å². The molecule has 0 aromatic carbocycles. The van der Waals surface area contributed by atoms with E-state index < -0.39 is 0 Å². The number of nitrogens with zero attached hydrogens (tertiary/aromatic N) is 2. The Morgan fingerprint density at radius 1 is 0.875 bits per heavy atom. The molecule has 0 saturated carbocycles. The van der Waals surface area contributed by atoms with Gasteiger partial charge in [0.05, 0.1) is 22.2 Å². The predicted molar refractivity (Wildman–Crippen MR) is 67.1 cm³/mol. The number of hydrogen-bond donors (Lipinski definition) is 2. The quantitative estimate of drug-likeness (QED) is 0.618. The van der Waals surface area contributed by atoms with Crippen molar-refractivity contribution >= 4 is 48.0 Å². The molecule has 80 valence electrons. The molecule has 0 unspecified atom stereocenters. The van der Waals surface area contributed by atoms with Gasteiger partial charge >= 0.3 is 0 Å². The van der Waals surface area contributed by atoms with E-state index in [9.17, 15) is 0 Å². The molecule has 0 amide bonds. The van der Waals surface area contributed by atoms with Gasteiger partial charge in [-0.1, -0.05) is 48.0 Å². The van der Waals surface area contributed by atoms with Crippen molar-refractivity contribution in [1.82, 2.24) is 20.4 Å². The molecule has 1 aliphatic rings. The lowest BCUT2D eigenvalue weighted by atomic mass is 10.5. The monoisotopic (exact) mass is 284 g/mol. The van der Waals surface area contributed by atoms with Gasteiger partial charge in [-0.05, 0) is 0 Å². The summed E-state index contributed by atoms with van der Waals surface area (Å²) in [6.45, 7) is 0. The highest BCUT2D eigenvalue weighted by Crippen LogP contribution is 2.47. The second-order valence-electron chi connectivity index (χ2n) is 2.99. The molecular formula is C8H4N4S4. The first-order valence-electron chi connectivity index (χ1n) is 4.27. The van der Waals surface area contributed by atoms with E-state index in [0.29, 0.717) is 9.28 Å². The fraction of sp³-hybridized carbons (Fsp3) is 0. The molecule has 0 spiro atoms. The molecule has 8 heteroatoms. The van der Waals surface area contributed by atoms with Gasteiger partial charge in [0.15, 0.2) is 0 Å². The van der Waals surface area contributed by atoms with E-state index in [1.165, 1.54) is 0 Å². The molecule has 3 heterocycles. The Morgan fingerprint density at radius 2 is 1.38 bits per heavy atom. The predicted octanol–water partition coefficient (Wildman–Crippen LogP) is 3.21. The van der Waals surface area contributed by atoms with Crippen molar-refractivity contribution in [1.29, 1.82) is 0 Å². The molecule has 0 aliphatic carbocycles. The normalized spacial score (nSPS) is 13.0. The first kappa shape index (κ1) is 10.5. The van der Waals surface area contributed by atoms with Crippen molar-refractivity contribution in [3.05, 3.63) is 21.7 Å². The highest BCUT2D eigenvalue weighted by atomic mass is 32.2. The number of H-pyrrole nitrogens is 2. The van der Waals surface area contributed by atoms with Crippen LogP contribution < -0.4 is 0 Å². The molecule has 0 radical (unpaired) electrons. The van der Waals surface area contributed by atoms with Crippen molar-refractivity contribution in [2.24, 2.45) is 0 Å². The Labute approximate surface area is 109 Å². The van der Waals surface area contributed by atoms with Gasteiger partial charge in [-0.3, -0.25) is 10.2 Å². The number of aromatic amines is 2. The zero-order chi connectivity index (χ0) is 11.1. The minimum atomic E-state index is 0.645. The van der Waals surface area contributed by atoms with Crippen LogP contribution in [0.4, 0.5) is 0 Å². The lowest BCUT2D eigenvalue weighted by molar-refractivity contribution is 0.895. The molecule has 2 aromatic heterocycles. The van der Waals surface area contributed by atoms with Crippen LogP contribution in [0.1, 0.15) is 0 Å². The zero-order valence-corrected chi connectivity index (χ0v) is 10.9. The summed E-state index contributed by atoms with van der Waals surface area (Å²) in [5.41, 5.74) is 0. The largest absolute Gasteiger partial charge is 0.267 e. The van der Waals surface area contributed by atoms with Crippen molar-refractivity contribution in [3.63, 3.8) is 0 Å². The van der Waals surface area contributed by atoms with Gasteiger partial charge in [-0.2, -0.15) is 10.2 Å². The fourth-order valence-electron chi connectivity index (χ4n) is 1.30. The van der Waals surface area contributed by atoms with Crippen molar-refractivity contribution in [3.8, 4) is 0 Å². The Hall–Kier alpha value is -0.700. The second kappa shape index (κ2) is 3.95. The van der Waals surface area contributed by atoms with Gasteiger partial charge in [0.1, 0.15) is 9.28 Å². The van der Waals surface area contributed by atoms with Crippen LogP contribution in [-0.4, -0.2) is 20.4 Å². The summed E-state index contributed by atoms with van der Waals surface area (Å²) in [5.74, 6) is 0. The Bertz CT molecular complexity index is 617. The highest BCUT2D eigenvalue weighted by molar-refractivity contribution is 8.05. The molecule has 0 fully saturated rings. The van der Waals surface area contributed by atoms with Crippen LogP contribution in [0.2, 0.25) is 0 Å². The summed E-state index contributed by atoms with van der Waals surface area (Å²) >= 11 is 13.6. The topological polar surface area (TPSA) is 57.4 Å². The summed E-state index contributed by atoms with van der Waals surface area (Å²) in [7, 11) is 0. The summed E-state index contributed by atoms with van der Waals surface area (Å²) < 4.78 is 1.29. The first-order valence-corrected chi connectivity index (χ1v) is 6.72. The summed E-state index contributed by atoms with van der Waals surface area (Å²) in [6.07, 6.45) is 3.54. The van der Waals surface area contributed by atoms with Crippen LogP contribution in [0.5, 0.6) is 0 Å². The molecule has 0 saturated heterocycles. The number of aromatic nitrogens is 4. The van der Waals surface area contributed by atoms with Crippen LogP contribution in [-0.2, 0) is 0 Å². The van der Waals surface area contributed by atoms with E-state index in [1.807, 2.05) is 0 Å². The zero-order valence-electron chi connectivity index (χ0n) is 7.68. The van der Waals surface area contributed by atoms with Gasteiger partial charge in [-0.15, -0.1) is 0 Å². The standard InChI is InChI=1S/C8H4N4S4/c13-7-5-3(1-9-11-7)15-4-2-10-12-8(14)6(4)16-5/h1-2H,(H,11,13)(H,12,14). The Morgan fingerprint density at radius 3 is 1.88 bits per heavy atom. The van der Waals surface area contributed by atoms with Gasteiger partial charge in [0.25, 0.3) is 0 Å². The lowest BCUT2D eigenvalue weighted by Gasteiger charge is -2.16. The summed E-state index contributed by atoms with van der Waals surface area (Å²) in [5, 5.41) is 13.5. The smallest absolute Gasteiger partial charge is 0.134 e. The van der Waals surface area contributed by atoms with Crippen molar-refractivity contribution < 1.29 is 0 Å². The second-order valence-corrected chi connectivity index (χ2v) is 5.91. The maximum absolute atomic E-state index is 5.20. The maximum Gasteiger partial charge on any atom is 0.134 e. The minimum absolute atomic E-state index is 0.645. The van der Waals surface area contributed by atoms with Crippen LogP contribution in [0.3, 0.4) is 0 Å². The highest BCUT2D eigenvalue weighted by Gasteiger charge is 2.20. The van der Waals surface area contributed by atoms with E-state index in [2.05, 4.69) is 20.4 Å². The van der Waals surface area contributed by atoms with Crippen LogP contribution >= 0.6 is 48.0 Å². The van der Waals surface area contributed by atoms with Crippen molar-refractivity contribution in [2.45, 2.75) is 19.6 Å². The molecule has 0 bridgehead atoms. The van der Waals surface area contributed by atoms with Gasteiger partial charge in [0.2, 0.25) is 0 Å². The molecule has 1 aliphatic heterocycles. The molecule has 3 rings (SSSR count). The Balaban J connectivity index is 2.25. The minimum Gasteiger partial charge on any atom is -0.267 e. The number of hydrogen-bond acceptors (Lipinski definition) is 6. The third kappa shape index (κ3) is 1.61. The molecular weight excluding hydrogens is 280 g/mol. The van der Waals surface area contributed by atoms with Gasteiger partial charge < -0.3 is 0 Å². The van der Waals surface area contributed by atoms with Gasteiger partial charge in [0, 0.05) is 9.79 Å². The maximum atomic E-state index is 5.20. The molecule has 4 nitrogen and oxygen atoms in total. The van der Waals surface area contributed by atoms with E-state index in [0.717, 1.165) is 19.6 Å². The molecule has 2 N–H and O–H groups in total. The average Bonchev–Trinajstić information content (AvgIpc) is 2.28. The lowest BCUT2D eigenvalue weighted by Crippen LogP contribution is -1.96. The molecule has 16 heavy (non-hydrogen) atoms. The van der Waals surface area contributed by atoms with Crippen LogP contribution in [0, 0.1) is 9.28 Å². The van der Waals surface area contributed by atoms with E-state index in [4.69, 9.17) is 24.4 Å². The fourth-order valence-corrected chi connectivity index (χ4v) is 4.13.